The number of carbonyl (C=O) groups excluding carboxylic acids is 2. The topological polar surface area (TPSA) is 71.1 Å². The van der Waals surface area contributed by atoms with Gasteiger partial charge in [-0.1, -0.05) is 13.8 Å². The van der Waals surface area contributed by atoms with Crippen molar-refractivity contribution in [1.29, 1.82) is 0 Å². The number of aromatic nitrogens is 1. The first kappa shape index (κ1) is 18.1. The van der Waals surface area contributed by atoms with Gasteiger partial charge in [-0.05, 0) is 36.6 Å². The lowest BCUT2D eigenvalue weighted by molar-refractivity contribution is -0.121. The zero-order valence-corrected chi connectivity index (χ0v) is 14.5. The first-order valence-corrected chi connectivity index (χ1v) is 8.60. The maximum Gasteiger partial charge on any atom is 0.257 e. The molecule has 0 atom stereocenters. The molecule has 1 aromatic heterocycles. The summed E-state index contributed by atoms with van der Waals surface area (Å²) in [6, 6.07) is 5.30. The van der Waals surface area contributed by atoms with Gasteiger partial charge in [0.25, 0.3) is 5.91 Å². The SMILES string of the molecule is CC(C)CNC(=O)CCc1csc(NC(=O)c2ccc(F)cc2)n1. The van der Waals surface area contributed by atoms with Gasteiger partial charge in [0.2, 0.25) is 5.91 Å². The van der Waals surface area contributed by atoms with Gasteiger partial charge in [-0.25, -0.2) is 9.37 Å². The lowest BCUT2D eigenvalue weighted by Gasteiger charge is -2.06. The maximum atomic E-state index is 12.9. The predicted molar refractivity (Wildman–Crippen MR) is 92.6 cm³/mol. The van der Waals surface area contributed by atoms with Crippen LogP contribution in [0.15, 0.2) is 29.6 Å². The molecule has 1 aromatic carbocycles. The van der Waals surface area contributed by atoms with E-state index in [2.05, 4.69) is 15.6 Å². The molecule has 2 aromatic rings. The Hall–Kier alpha value is -2.28. The molecule has 7 heteroatoms. The van der Waals surface area contributed by atoms with Gasteiger partial charge in [0.1, 0.15) is 5.82 Å². The third-order valence-corrected chi connectivity index (χ3v) is 4.00. The normalized spacial score (nSPS) is 10.7. The van der Waals surface area contributed by atoms with Gasteiger partial charge in [0, 0.05) is 23.9 Å². The van der Waals surface area contributed by atoms with Crippen molar-refractivity contribution in [3.8, 4) is 0 Å². The molecule has 0 aliphatic rings. The average Bonchev–Trinajstić information content (AvgIpc) is 2.99. The summed E-state index contributed by atoms with van der Waals surface area (Å²) in [5, 5.41) is 7.80. The van der Waals surface area contributed by atoms with Crippen LogP contribution >= 0.6 is 11.3 Å². The minimum absolute atomic E-state index is 0.00593. The second-order valence-electron chi connectivity index (χ2n) is 5.80. The number of carbonyl (C=O) groups is 2. The molecule has 2 amide bonds. The molecule has 0 unspecified atom stereocenters. The Morgan fingerprint density at radius 1 is 1.25 bits per heavy atom. The number of halogens is 1. The summed E-state index contributed by atoms with van der Waals surface area (Å²) >= 11 is 1.30. The summed E-state index contributed by atoms with van der Waals surface area (Å²) in [6.07, 6.45) is 0.884. The Balaban J connectivity index is 1.83. The van der Waals surface area contributed by atoms with Gasteiger partial charge in [-0.2, -0.15) is 0 Å². The number of aryl methyl sites for hydroxylation is 1. The van der Waals surface area contributed by atoms with Gasteiger partial charge in [-0.15, -0.1) is 11.3 Å². The number of amides is 2. The number of rotatable bonds is 7. The summed E-state index contributed by atoms with van der Waals surface area (Å²) < 4.78 is 12.9. The van der Waals surface area contributed by atoms with Crippen molar-refractivity contribution in [3.05, 3.63) is 46.7 Å². The molecule has 0 fully saturated rings. The van der Waals surface area contributed by atoms with Crippen LogP contribution in [0.5, 0.6) is 0 Å². The van der Waals surface area contributed by atoms with E-state index in [9.17, 15) is 14.0 Å². The maximum absolute atomic E-state index is 12.9. The summed E-state index contributed by atoms with van der Waals surface area (Å²) in [6.45, 7) is 4.74. The van der Waals surface area contributed by atoms with Crippen molar-refractivity contribution in [2.45, 2.75) is 26.7 Å². The number of nitrogens with one attached hydrogen (secondary N) is 2. The van der Waals surface area contributed by atoms with E-state index in [1.807, 2.05) is 19.2 Å². The fraction of sp³-hybridized carbons (Fsp3) is 0.353. The van der Waals surface area contributed by atoms with E-state index in [1.54, 1.807) is 0 Å². The number of anilines is 1. The molecule has 0 saturated carbocycles. The lowest BCUT2D eigenvalue weighted by Crippen LogP contribution is -2.27. The summed E-state index contributed by atoms with van der Waals surface area (Å²) in [7, 11) is 0. The minimum Gasteiger partial charge on any atom is -0.356 e. The van der Waals surface area contributed by atoms with Crippen LogP contribution in [-0.2, 0) is 11.2 Å². The highest BCUT2D eigenvalue weighted by Gasteiger charge is 2.10. The Labute approximate surface area is 144 Å². The fourth-order valence-electron chi connectivity index (χ4n) is 1.90. The number of hydrogen-bond acceptors (Lipinski definition) is 4. The van der Waals surface area contributed by atoms with Gasteiger partial charge in [-0.3, -0.25) is 14.9 Å². The Morgan fingerprint density at radius 2 is 1.96 bits per heavy atom. The van der Waals surface area contributed by atoms with Crippen LogP contribution in [0.3, 0.4) is 0 Å². The molecular formula is C17H20FN3O2S. The molecule has 0 saturated heterocycles. The van der Waals surface area contributed by atoms with Gasteiger partial charge < -0.3 is 5.32 Å². The third-order valence-electron chi connectivity index (χ3n) is 3.19. The minimum atomic E-state index is -0.390. The summed E-state index contributed by atoms with van der Waals surface area (Å²) in [5.74, 6) is -0.320. The van der Waals surface area contributed by atoms with Crippen LogP contribution in [-0.4, -0.2) is 23.3 Å². The van der Waals surface area contributed by atoms with Gasteiger partial charge in [0.05, 0.1) is 5.69 Å². The number of thiazole rings is 1. The first-order chi connectivity index (χ1) is 11.4. The molecular weight excluding hydrogens is 329 g/mol. The molecule has 0 spiro atoms. The van der Waals surface area contributed by atoms with Crippen molar-refractivity contribution >= 4 is 28.3 Å². The number of nitrogens with zero attached hydrogens (tertiary/aromatic N) is 1. The predicted octanol–water partition coefficient (Wildman–Crippen LogP) is 3.24. The Bertz CT molecular complexity index is 698. The van der Waals surface area contributed by atoms with E-state index < -0.39 is 0 Å². The Morgan fingerprint density at radius 3 is 2.62 bits per heavy atom. The highest BCUT2D eigenvalue weighted by atomic mass is 32.1. The van der Waals surface area contributed by atoms with Gasteiger partial charge in [0.15, 0.2) is 5.13 Å². The standard InChI is InChI=1S/C17H20FN3O2S/c1-11(2)9-19-15(22)8-7-14-10-24-17(20-14)21-16(23)12-3-5-13(18)6-4-12/h3-6,10-11H,7-9H2,1-2H3,(H,19,22)(H,20,21,23). The molecule has 128 valence electrons. The summed E-state index contributed by atoms with van der Waals surface area (Å²) in [5.41, 5.74) is 1.12. The number of hydrogen-bond donors (Lipinski definition) is 2. The molecule has 0 bridgehead atoms. The zero-order valence-electron chi connectivity index (χ0n) is 13.6. The van der Waals surface area contributed by atoms with E-state index in [0.717, 1.165) is 5.69 Å². The largest absolute Gasteiger partial charge is 0.356 e. The monoisotopic (exact) mass is 349 g/mol. The molecule has 2 rings (SSSR count). The van der Waals surface area contributed by atoms with Crippen LogP contribution in [0.2, 0.25) is 0 Å². The van der Waals surface area contributed by atoms with Crippen molar-refractivity contribution < 1.29 is 14.0 Å². The van der Waals surface area contributed by atoms with E-state index >= 15 is 0 Å². The number of benzene rings is 1. The summed E-state index contributed by atoms with van der Waals surface area (Å²) in [4.78, 5) is 28.0. The molecule has 5 nitrogen and oxygen atoms in total. The molecule has 0 radical (unpaired) electrons. The fourth-order valence-corrected chi connectivity index (χ4v) is 2.64. The van der Waals surface area contributed by atoms with Crippen LogP contribution in [0.4, 0.5) is 9.52 Å². The molecule has 0 aliphatic heterocycles. The molecule has 24 heavy (non-hydrogen) atoms. The zero-order chi connectivity index (χ0) is 17.5. The van der Waals surface area contributed by atoms with Crippen LogP contribution in [0.25, 0.3) is 0 Å². The van der Waals surface area contributed by atoms with E-state index in [1.165, 1.54) is 35.6 Å². The Kier molecular flexibility index (Phi) is 6.43. The quantitative estimate of drug-likeness (QED) is 0.806. The van der Waals surface area contributed by atoms with E-state index in [0.29, 0.717) is 36.0 Å². The van der Waals surface area contributed by atoms with Gasteiger partial charge >= 0.3 is 0 Å². The van der Waals surface area contributed by atoms with Crippen molar-refractivity contribution in [2.24, 2.45) is 5.92 Å². The highest BCUT2D eigenvalue weighted by Crippen LogP contribution is 2.17. The second-order valence-corrected chi connectivity index (χ2v) is 6.66. The molecule has 1 heterocycles. The van der Waals surface area contributed by atoms with Crippen LogP contribution < -0.4 is 10.6 Å². The van der Waals surface area contributed by atoms with Crippen molar-refractivity contribution in [3.63, 3.8) is 0 Å². The highest BCUT2D eigenvalue weighted by molar-refractivity contribution is 7.14. The molecule has 2 N–H and O–H groups in total. The van der Waals surface area contributed by atoms with E-state index in [-0.39, 0.29) is 17.6 Å². The van der Waals surface area contributed by atoms with E-state index in [4.69, 9.17) is 0 Å². The van der Waals surface area contributed by atoms with Crippen LogP contribution in [0.1, 0.15) is 36.3 Å². The molecule has 0 aliphatic carbocycles. The first-order valence-electron chi connectivity index (χ1n) is 7.72. The smallest absolute Gasteiger partial charge is 0.257 e. The third kappa shape index (κ3) is 5.73. The van der Waals surface area contributed by atoms with Crippen LogP contribution in [0, 0.1) is 11.7 Å². The average molecular weight is 349 g/mol. The second kappa shape index (κ2) is 8.54. The lowest BCUT2D eigenvalue weighted by atomic mass is 10.2. The van der Waals surface area contributed by atoms with Crippen molar-refractivity contribution in [1.82, 2.24) is 10.3 Å². The van der Waals surface area contributed by atoms with Crippen molar-refractivity contribution in [2.75, 3.05) is 11.9 Å².